The highest BCUT2D eigenvalue weighted by atomic mass is 79.9. The van der Waals surface area contributed by atoms with Gasteiger partial charge in [0.05, 0.1) is 27.6 Å². The molecule has 0 aliphatic rings. The molecule has 2 N–H and O–H groups in total. The fourth-order valence-corrected chi connectivity index (χ4v) is 4.83. The minimum absolute atomic E-state index is 0.0221. The van der Waals surface area contributed by atoms with Gasteiger partial charge in [0.25, 0.3) is 10.0 Å². The Morgan fingerprint density at radius 3 is 2.38 bits per heavy atom. The Morgan fingerprint density at radius 1 is 1.29 bits per heavy atom. The number of aromatic nitrogens is 1. The molecule has 0 aliphatic carbocycles. The van der Waals surface area contributed by atoms with Crippen LogP contribution in [0.1, 0.15) is 0 Å². The summed E-state index contributed by atoms with van der Waals surface area (Å²) in [4.78, 5) is 3.65. The monoisotopic (exact) mass is 409 g/mol. The second-order valence-electron chi connectivity index (χ2n) is 4.11. The number of sulfonamides is 1. The zero-order valence-electron chi connectivity index (χ0n) is 10.7. The Kier molecular flexibility index (Phi) is 4.67. The molecule has 1 heterocycles. The van der Waals surface area contributed by atoms with Crippen molar-refractivity contribution >= 4 is 60.5 Å². The Hall–Kier alpha value is -1.02. The Labute approximate surface area is 140 Å². The van der Waals surface area contributed by atoms with Crippen LogP contribution in [-0.4, -0.2) is 20.4 Å². The maximum Gasteiger partial charge on any atom is 0.267 e. The van der Waals surface area contributed by atoms with Gasteiger partial charge in [0.15, 0.2) is 0 Å². The van der Waals surface area contributed by atoms with Crippen molar-refractivity contribution in [3.63, 3.8) is 0 Å². The van der Waals surface area contributed by atoms with Gasteiger partial charge in [-0.3, -0.25) is 9.29 Å². The van der Waals surface area contributed by atoms with Gasteiger partial charge in [-0.25, -0.2) is 8.42 Å². The minimum Gasteiger partial charge on any atom is -0.396 e. The van der Waals surface area contributed by atoms with Crippen LogP contribution in [-0.2, 0) is 10.0 Å². The van der Waals surface area contributed by atoms with Crippen molar-refractivity contribution in [1.82, 2.24) is 4.98 Å². The third-order valence-corrected chi connectivity index (χ3v) is 5.90. The van der Waals surface area contributed by atoms with Crippen LogP contribution in [0.25, 0.3) is 0 Å². The van der Waals surface area contributed by atoms with Gasteiger partial charge < -0.3 is 5.73 Å². The number of anilines is 2. The Morgan fingerprint density at radius 2 is 1.86 bits per heavy atom. The maximum atomic E-state index is 12.7. The van der Waals surface area contributed by atoms with Crippen LogP contribution in [0.15, 0.2) is 40.0 Å². The molecule has 9 heteroatoms. The summed E-state index contributed by atoms with van der Waals surface area (Å²) >= 11 is 15.3. The quantitative estimate of drug-likeness (QED) is 0.839. The normalized spacial score (nSPS) is 11.4. The number of hydrogen-bond donors (Lipinski definition) is 1. The molecule has 0 amide bonds. The predicted molar refractivity (Wildman–Crippen MR) is 88.4 cm³/mol. The van der Waals surface area contributed by atoms with Gasteiger partial charge in [0, 0.05) is 17.7 Å². The van der Waals surface area contributed by atoms with Gasteiger partial charge in [-0.05, 0) is 18.2 Å². The highest BCUT2D eigenvalue weighted by Crippen LogP contribution is 2.36. The van der Waals surface area contributed by atoms with Crippen molar-refractivity contribution in [3.8, 4) is 0 Å². The molecule has 21 heavy (non-hydrogen) atoms. The smallest absolute Gasteiger partial charge is 0.267 e. The van der Waals surface area contributed by atoms with Crippen molar-refractivity contribution < 1.29 is 8.42 Å². The molecule has 0 saturated heterocycles. The molecular weight excluding hydrogens is 401 g/mol. The highest BCUT2D eigenvalue weighted by molar-refractivity contribution is 9.10. The van der Waals surface area contributed by atoms with Crippen LogP contribution in [0.4, 0.5) is 11.4 Å². The third kappa shape index (κ3) is 3.11. The topological polar surface area (TPSA) is 76.3 Å². The second kappa shape index (κ2) is 6.00. The van der Waals surface area contributed by atoms with E-state index in [-0.39, 0.29) is 20.6 Å². The molecule has 0 fully saturated rings. The summed E-state index contributed by atoms with van der Waals surface area (Å²) in [5.74, 6) is 0. The zero-order chi connectivity index (χ0) is 15.8. The third-order valence-electron chi connectivity index (χ3n) is 2.75. The van der Waals surface area contributed by atoms with Crippen molar-refractivity contribution in [1.29, 1.82) is 0 Å². The van der Waals surface area contributed by atoms with E-state index in [1.165, 1.54) is 37.6 Å². The van der Waals surface area contributed by atoms with E-state index < -0.39 is 10.0 Å². The largest absolute Gasteiger partial charge is 0.396 e. The van der Waals surface area contributed by atoms with E-state index >= 15 is 0 Å². The molecule has 0 radical (unpaired) electrons. The maximum absolute atomic E-state index is 12.7. The van der Waals surface area contributed by atoms with E-state index in [9.17, 15) is 8.42 Å². The fourth-order valence-electron chi connectivity index (χ4n) is 1.73. The highest BCUT2D eigenvalue weighted by Gasteiger charge is 2.28. The summed E-state index contributed by atoms with van der Waals surface area (Å²) < 4.78 is 27.0. The van der Waals surface area contributed by atoms with Crippen LogP contribution in [0, 0.1) is 0 Å². The van der Waals surface area contributed by atoms with E-state index in [4.69, 9.17) is 28.9 Å². The molecule has 112 valence electrons. The lowest BCUT2D eigenvalue weighted by molar-refractivity contribution is 0.594. The number of nitrogen functional groups attached to an aromatic ring is 1. The van der Waals surface area contributed by atoms with E-state index in [0.29, 0.717) is 10.2 Å². The molecule has 1 aromatic carbocycles. The lowest BCUT2D eigenvalue weighted by Gasteiger charge is -2.22. The van der Waals surface area contributed by atoms with E-state index in [0.717, 1.165) is 4.31 Å². The molecule has 5 nitrogen and oxygen atoms in total. The SMILES string of the molecule is CN(c1ccncc1N)S(=O)(=O)c1c(Cl)cc(Br)cc1Cl. The van der Waals surface area contributed by atoms with Crippen LogP contribution in [0.2, 0.25) is 10.0 Å². The van der Waals surface area contributed by atoms with Crippen LogP contribution < -0.4 is 10.0 Å². The van der Waals surface area contributed by atoms with Crippen molar-refractivity contribution in [2.45, 2.75) is 4.90 Å². The van der Waals surface area contributed by atoms with Gasteiger partial charge in [0.2, 0.25) is 0 Å². The number of pyridine rings is 1. The fraction of sp³-hybridized carbons (Fsp3) is 0.0833. The van der Waals surface area contributed by atoms with Crippen molar-refractivity contribution in [3.05, 3.63) is 45.1 Å². The molecule has 0 bridgehead atoms. The Balaban J connectivity index is 2.61. The molecule has 1 aromatic heterocycles. The van der Waals surface area contributed by atoms with E-state index in [1.807, 2.05) is 0 Å². The van der Waals surface area contributed by atoms with Gasteiger partial charge in [-0.15, -0.1) is 0 Å². The van der Waals surface area contributed by atoms with Crippen LogP contribution in [0.5, 0.6) is 0 Å². The first kappa shape index (κ1) is 16.4. The average molecular weight is 411 g/mol. The van der Waals surface area contributed by atoms with Crippen molar-refractivity contribution in [2.75, 3.05) is 17.1 Å². The summed E-state index contributed by atoms with van der Waals surface area (Å²) in [6, 6.07) is 4.42. The number of nitrogens with zero attached hydrogens (tertiary/aromatic N) is 2. The van der Waals surface area contributed by atoms with Gasteiger partial charge in [-0.1, -0.05) is 39.1 Å². The number of nitrogens with two attached hydrogens (primary N) is 1. The van der Waals surface area contributed by atoms with Crippen LogP contribution >= 0.6 is 39.1 Å². The summed E-state index contributed by atoms with van der Waals surface area (Å²) in [6.45, 7) is 0. The summed E-state index contributed by atoms with van der Waals surface area (Å²) in [5.41, 5.74) is 6.28. The summed E-state index contributed by atoms with van der Waals surface area (Å²) in [6.07, 6.45) is 2.81. The lowest BCUT2D eigenvalue weighted by Crippen LogP contribution is -2.28. The zero-order valence-corrected chi connectivity index (χ0v) is 14.6. The number of rotatable bonds is 3. The first-order valence-electron chi connectivity index (χ1n) is 5.58. The minimum atomic E-state index is -3.95. The Bertz CT molecular complexity index is 776. The molecule has 0 atom stereocenters. The van der Waals surface area contributed by atoms with Gasteiger partial charge in [0.1, 0.15) is 4.90 Å². The summed E-state index contributed by atoms with van der Waals surface area (Å²) in [5, 5.41) is 0.0442. The average Bonchev–Trinajstić information content (AvgIpc) is 2.36. The van der Waals surface area contributed by atoms with Gasteiger partial charge >= 0.3 is 0 Å². The molecule has 0 aliphatic heterocycles. The lowest BCUT2D eigenvalue weighted by atomic mass is 10.3. The standard InChI is InChI=1S/C12H10BrCl2N3O2S/c1-18(11-2-3-17-6-10(11)16)21(19,20)12-8(14)4-7(13)5-9(12)15/h2-6H,16H2,1H3. The second-order valence-corrected chi connectivity index (χ2v) is 7.74. The molecule has 0 unspecified atom stereocenters. The van der Waals surface area contributed by atoms with Gasteiger partial charge in [-0.2, -0.15) is 0 Å². The van der Waals surface area contributed by atoms with E-state index in [1.54, 1.807) is 0 Å². The molecule has 0 spiro atoms. The molecular formula is C12H10BrCl2N3O2S. The first-order chi connectivity index (χ1) is 9.75. The van der Waals surface area contributed by atoms with Crippen molar-refractivity contribution in [2.24, 2.45) is 0 Å². The first-order valence-corrected chi connectivity index (χ1v) is 8.57. The molecule has 2 rings (SSSR count). The van der Waals surface area contributed by atoms with Crippen LogP contribution in [0.3, 0.4) is 0 Å². The summed E-state index contributed by atoms with van der Waals surface area (Å²) in [7, 11) is -2.58. The number of hydrogen-bond acceptors (Lipinski definition) is 4. The number of halogens is 3. The molecule has 2 aromatic rings. The van der Waals surface area contributed by atoms with E-state index in [2.05, 4.69) is 20.9 Å². The molecule has 0 saturated carbocycles. The number of benzene rings is 1. The predicted octanol–water partition coefficient (Wildman–Crippen LogP) is 3.56.